The number of carbonyl (C=O) groups excluding carboxylic acids is 1. The normalized spacial score (nSPS) is 9.45. The summed E-state index contributed by atoms with van der Waals surface area (Å²) in [7, 11) is 0. The maximum atomic E-state index is 9.99. The van der Waals surface area contributed by atoms with E-state index in [0.29, 0.717) is 0 Å². The number of nitrogens with zero attached hydrogens (tertiary/aromatic N) is 1. The highest BCUT2D eigenvalue weighted by Gasteiger charge is 2.20. The fraction of sp³-hybridized carbons (Fsp3) is 0. The van der Waals surface area contributed by atoms with E-state index in [-0.39, 0.29) is 12.0 Å². The van der Waals surface area contributed by atoms with Gasteiger partial charge in [-0.15, -0.1) is 0 Å². The SMILES string of the molecule is O=Cc1cc(O)c([N+](=O)[O-])o1. The third-order valence-electron chi connectivity index (χ3n) is 0.995. The molecule has 1 aromatic rings. The van der Waals surface area contributed by atoms with Crippen LogP contribution in [0.4, 0.5) is 5.88 Å². The van der Waals surface area contributed by atoms with Gasteiger partial charge in [-0.25, -0.2) is 0 Å². The molecule has 0 aromatic carbocycles. The standard InChI is InChI=1S/C5H3NO5/c7-2-3-1-4(8)5(11-3)6(9)10/h1-2,8H. The van der Waals surface area contributed by atoms with Crippen LogP contribution in [0.25, 0.3) is 0 Å². The second-order valence-electron chi connectivity index (χ2n) is 1.71. The molecule has 1 N–H and O–H groups in total. The molecule has 1 rings (SSSR count). The molecule has 6 nitrogen and oxygen atoms in total. The molecule has 0 spiro atoms. The van der Waals surface area contributed by atoms with Gasteiger partial charge in [-0.3, -0.25) is 14.9 Å². The number of aldehydes is 1. The number of nitro groups is 1. The number of aromatic hydroxyl groups is 1. The summed E-state index contributed by atoms with van der Waals surface area (Å²) in [4.78, 5) is 19.0. The zero-order valence-corrected chi connectivity index (χ0v) is 5.18. The molecule has 0 atom stereocenters. The van der Waals surface area contributed by atoms with Crippen LogP contribution in [0.2, 0.25) is 0 Å². The van der Waals surface area contributed by atoms with E-state index in [9.17, 15) is 14.9 Å². The summed E-state index contributed by atoms with van der Waals surface area (Å²) in [6.07, 6.45) is 0.271. The first-order valence-corrected chi connectivity index (χ1v) is 2.57. The van der Waals surface area contributed by atoms with Crippen molar-refractivity contribution in [2.75, 3.05) is 0 Å². The van der Waals surface area contributed by atoms with Gasteiger partial charge in [-0.05, 0) is 0 Å². The molecule has 6 heteroatoms. The molecule has 0 radical (unpaired) electrons. The zero-order valence-electron chi connectivity index (χ0n) is 5.18. The summed E-state index contributed by atoms with van der Waals surface area (Å²) in [5, 5.41) is 18.7. The molecule has 0 fully saturated rings. The maximum Gasteiger partial charge on any atom is 0.476 e. The Hall–Kier alpha value is -1.85. The molecule has 0 aliphatic heterocycles. The van der Waals surface area contributed by atoms with E-state index in [1.165, 1.54) is 0 Å². The number of rotatable bonds is 2. The average molecular weight is 157 g/mol. The van der Waals surface area contributed by atoms with E-state index < -0.39 is 16.6 Å². The molecular formula is C5H3NO5. The summed E-state index contributed by atoms with van der Waals surface area (Å²) in [5.74, 6) is -1.72. The molecule has 0 bridgehead atoms. The molecule has 1 heterocycles. The van der Waals surface area contributed by atoms with Crippen molar-refractivity contribution in [2.45, 2.75) is 0 Å². The quantitative estimate of drug-likeness (QED) is 0.387. The molecule has 58 valence electrons. The summed E-state index contributed by atoms with van der Waals surface area (Å²) in [6, 6.07) is 0.880. The Kier molecular flexibility index (Phi) is 1.59. The van der Waals surface area contributed by atoms with E-state index in [4.69, 9.17) is 5.11 Å². The first-order chi connectivity index (χ1) is 5.15. The first kappa shape index (κ1) is 7.26. The molecule has 0 saturated heterocycles. The summed E-state index contributed by atoms with van der Waals surface area (Å²) in [6.45, 7) is 0. The largest absolute Gasteiger partial charge is 0.500 e. The predicted molar refractivity (Wildman–Crippen MR) is 32.4 cm³/mol. The van der Waals surface area contributed by atoms with Crippen LogP contribution in [0.3, 0.4) is 0 Å². The third-order valence-corrected chi connectivity index (χ3v) is 0.995. The minimum atomic E-state index is -0.914. The zero-order chi connectivity index (χ0) is 8.43. The minimum absolute atomic E-state index is 0.269. The fourth-order valence-electron chi connectivity index (χ4n) is 0.579. The highest BCUT2D eigenvalue weighted by Crippen LogP contribution is 2.28. The summed E-state index contributed by atoms with van der Waals surface area (Å²) in [5.41, 5.74) is 0. The van der Waals surface area contributed by atoms with Crippen molar-refractivity contribution >= 4 is 12.2 Å². The van der Waals surface area contributed by atoms with E-state index >= 15 is 0 Å². The Bertz CT molecular complexity index is 302. The predicted octanol–water partition coefficient (Wildman–Crippen LogP) is 0.706. The molecule has 1 aromatic heterocycles. The van der Waals surface area contributed by atoms with E-state index in [1.807, 2.05) is 0 Å². The van der Waals surface area contributed by atoms with Crippen LogP contribution in [0.15, 0.2) is 10.5 Å². The fourth-order valence-corrected chi connectivity index (χ4v) is 0.579. The second-order valence-corrected chi connectivity index (χ2v) is 1.71. The summed E-state index contributed by atoms with van der Waals surface area (Å²) < 4.78 is 4.31. The van der Waals surface area contributed by atoms with Gasteiger partial charge in [0, 0.05) is 6.07 Å². The lowest BCUT2D eigenvalue weighted by Gasteiger charge is -1.81. The highest BCUT2D eigenvalue weighted by atomic mass is 16.7. The van der Waals surface area contributed by atoms with Gasteiger partial charge in [0.2, 0.25) is 5.75 Å². The van der Waals surface area contributed by atoms with E-state index in [2.05, 4.69) is 4.42 Å². The van der Waals surface area contributed by atoms with Crippen molar-refractivity contribution in [3.63, 3.8) is 0 Å². The van der Waals surface area contributed by atoms with Crippen LogP contribution >= 0.6 is 0 Å². The van der Waals surface area contributed by atoms with Crippen molar-refractivity contribution in [1.29, 1.82) is 0 Å². The topological polar surface area (TPSA) is 93.6 Å². The Labute approximate surface area is 60.2 Å². The van der Waals surface area contributed by atoms with Crippen LogP contribution in [-0.4, -0.2) is 16.3 Å². The van der Waals surface area contributed by atoms with Gasteiger partial charge in [-0.2, -0.15) is 0 Å². The number of hydrogen-bond donors (Lipinski definition) is 1. The number of hydrogen-bond acceptors (Lipinski definition) is 5. The minimum Gasteiger partial charge on any atom is -0.500 e. The van der Waals surface area contributed by atoms with Gasteiger partial charge >= 0.3 is 5.88 Å². The van der Waals surface area contributed by atoms with Crippen LogP contribution in [0, 0.1) is 10.1 Å². The van der Waals surface area contributed by atoms with Crippen molar-refractivity contribution in [2.24, 2.45) is 0 Å². The van der Waals surface area contributed by atoms with Gasteiger partial charge in [0.15, 0.2) is 12.0 Å². The Morgan fingerprint density at radius 2 is 2.36 bits per heavy atom. The van der Waals surface area contributed by atoms with Gasteiger partial charge in [-0.1, -0.05) is 0 Å². The van der Waals surface area contributed by atoms with Crippen molar-refractivity contribution < 1.29 is 19.2 Å². The van der Waals surface area contributed by atoms with Crippen LogP contribution in [-0.2, 0) is 0 Å². The van der Waals surface area contributed by atoms with Gasteiger partial charge < -0.3 is 9.52 Å². The van der Waals surface area contributed by atoms with Crippen molar-refractivity contribution in [3.8, 4) is 5.75 Å². The van der Waals surface area contributed by atoms with Crippen molar-refractivity contribution in [3.05, 3.63) is 21.9 Å². The third kappa shape index (κ3) is 1.18. The van der Waals surface area contributed by atoms with Crippen molar-refractivity contribution in [1.82, 2.24) is 0 Å². The van der Waals surface area contributed by atoms with Crippen LogP contribution in [0.5, 0.6) is 5.75 Å². The Morgan fingerprint density at radius 1 is 1.73 bits per heavy atom. The Morgan fingerprint density at radius 3 is 2.64 bits per heavy atom. The second kappa shape index (κ2) is 2.41. The molecule has 0 aliphatic carbocycles. The smallest absolute Gasteiger partial charge is 0.476 e. The molecule has 11 heavy (non-hydrogen) atoms. The van der Waals surface area contributed by atoms with Gasteiger partial charge in [0.05, 0.1) is 0 Å². The highest BCUT2D eigenvalue weighted by molar-refractivity contribution is 5.72. The van der Waals surface area contributed by atoms with Gasteiger partial charge in [0.1, 0.15) is 4.92 Å². The maximum absolute atomic E-state index is 9.99. The monoisotopic (exact) mass is 157 g/mol. The lowest BCUT2D eigenvalue weighted by atomic mass is 10.5. The molecular weight excluding hydrogens is 154 g/mol. The van der Waals surface area contributed by atoms with Gasteiger partial charge in [0.25, 0.3) is 0 Å². The summed E-state index contributed by atoms with van der Waals surface area (Å²) >= 11 is 0. The molecule has 0 amide bonds. The number of furan rings is 1. The molecule has 0 aliphatic rings. The van der Waals surface area contributed by atoms with E-state index in [1.54, 1.807) is 0 Å². The number of carbonyl (C=O) groups is 1. The van der Waals surface area contributed by atoms with Crippen LogP contribution in [0.1, 0.15) is 10.6 Å². The average Bonchev–Trinajstić information content (AvgIpc) is 2.30. The first-order valence-electron chi connectivity index (χ1n) is 2.57. The lowest BCUT2D eigenvalue weighted by molar-refractivity contribution is -0.403. The van der Waals surface area contributed by atoms with Crippen LogP contribution < -0.4 is 0 Å². The lowest BCUT2D eigenvalue weighted by Crippen LogP contribution is -1.83. The molecule has 0 unspecified atom stereocenters. The van der Waals surface area contributed by atoms with E-state index in [0.717, 1.165) is 6.07 Å². The molecule has 0 saturated carbocycles. The Balaban J connectivity index is 3.16.